The van der Waals surface area contributed by atoms with Crippen LogP contribution in [0.15, 0.2) is 53.1 Å². The lowest BCUT2D eigenvalue weighted by atomic mass is 10.1. The van der Waals surface area contributed by atoms with Gasteiger partial charge in [0.1, 0.15) is 0 Å². The molecule has 1 unspecified atom stereocenters. The molecule has 0 aliphatic heterocycles. The number of hydrogen-bond donors (Lipinski definition) is 1. The predicted octanol–water partition coefficient (Wildman–Crippen LogP) is 1.90. The summed E-state index contributed by atoms with van der Waals surface area (Å²) in [4.78, 5) is 11.2. The molecule has 1 aromatic heterocycles. The van der Waals surface area contributed by atoms with Crippen LogP contribution in [0, 0.1) is 5.21 Å². The van der Waals surface area contributed by atoms with Crippen molar-refractivity contribution >= 4 is 12.2 Å². The molecule has 5 nitrogen and oxygen atoms in total. The maximum absolute atomic E-state index is 11.9. The van der Waals surface area contributed by atoms with Crippen molar-refractivity contribution in [3.63, 3.8) is 0 Å². The molecule has 0 spiro atoms. The van der Waals surface area contributed by atoms with E-state index in [0.29, 0.717) is 10.5 Å². The van der Waals surface area contributed by atoms with Crippen LogP contribution in [-0.4, -0.2) is 28.1 Å². The van der Waals surface area contributed by atoms with E-state index in [-0.39, 0.29) is 6.42 Å². The minimum atomic E-state index is -1.17. The molecule has 1 N–H and O–H groups in total. The molecule has 2 rings (SSSR count). The molecule has 1 aromatic carbocycles. The fourth-order valence-corrected chi connectivity index (χ4v) is 1.70. The molecule has 5 heteroatoms. The van der Waals surface area contributed by atoms with E-state index in [1.165, 1.54) is 6.26 Å². The van der Waals surface area contributed by atoms with E-state index in [2.05, 4.69) is 0 Å². The van der Waals surface area contributed by atoms with Gasteiger partial charge in [-0.3, -0.25) is 0 Å². The Bertz CT molecular complexity index is 560. The summed E-state index contributed by atoms with van der Waals surface area (Å²) < 4.78 is 5.40. The Morgan fingerprint density at radius 1 is 1.32 bits per heavy atom. The van der Waals surface area contributed by atoms with Crippen molar-refractivity contribution in [2.24, 2.45) is 0 Å². The summed E-state index contributed by atoms with van der Waals surface area (Å²) in [6, 6.07) is 11.1. The molecule has 0 radical (unpaired) electrons. The summed E-state index contributed by atoms with van der Waals surface area (Å²) in [5, 5.41) is 21.0. The van der Waals surface area contributed by atoms with Crippen LogP contribution in [0.2, 0.25) is 0 Å². The van der Waals surface area contributed by atoms with Crippen molar-refractivity contribution in [1.29, 1.82) is 0 Å². The second-order valence-electron chi connectivity index (χ2n) is 4.05. The van der Waals surface area contributed by atoms with Gasteiger partial charge in [-0.15, -0.1) is 0 Å². The quantitative estimate of drug-likeness (QED) is 0.385. The molecule has 0 saturated heterocycles. The standard InChI is InChI=1S/C14H13NO4/c16-14(17)13(9-11-5-2-1-3-6-11)15(18)10-12-7-4-8-19-12/h1-8,10,13H,9H2,(H,16,17)/b15-10-. The summed E-state index contributed by atoms with van der Waals surface area (Å²) in [6.07, 6.45) is 2.70. The maximum Gasteiger partial charge on any atom is 0.374 e. The Kier molecular flexibility index (Phi) is 3.97. The first-order chi connectivity index (χ1) is 9.16. The van der Waals surface area contributed by atoms with Crippen LogP contribution in [0.25, 0.3) is 0 Å². The van der Waals surface area contributed by atoms with E-state index in [0.717, 1.165) is 11.8 Å². The number of hydroxylamine groups is 1. The van der Waals surface area contributed by atoms with E-state index in [4.69, 9.17) is 9.52 Å². The van der Waals surface area contributed by atoms with Gasteiger partial charge < -0.3 is 14.7 Å². The van der Waals surface area contributed by atoms with Crippen molar-refractivity contribution in [2.45, 2.75) is 12.5 Å². The van der Waals surface area contributed by atoms with Gasteiger partial charge in [0.25, 0.3) is 6.04 Å². The number of carboxylic acids is 1. The van der Waals surface area contributed by atoms with Crippen molar-refractivity contribution in [3.05, 3.63) is 65.3 Å². The topological polar surface area (TPSA) is 76.5 Å². The third-order valence-electron chi connectivity index (χ3n) is 2.66. The monoisotopic (exact) mass is 259 g/mol. The van der Waals surface area contributed by atoms with Crippen molar-refractivity contribution < 1.29 is 19.1 Å². The maximum atomic E-state index is 11.9. The first kappa shape index (κ1) is 12.9. The Morgan fingerprint density at radius 2 is 2.05 bits per heavy atom. The molecule has 19 heavy (non-hydrogen) atoms. The summed E-state index contributed by atoms with van der Waals surface area (Å²) in [7, 11) is 0. The van der Waals surface area contributed by atoms with E-state index in [1.807, 2.05) is 6.07 Å². The van der Waals surface area contributed by atoms with Crippen LogP contribution in [0.5, 0.6) is 0 Å². The highest BCUT2D eigenvalue weighted by Crippen LogP contribution is 2.06. The molecule has 0 amide bonds. The predicted molar refractivity (Wildman–Crippen MR) is 69.1 cm³/mol. The molecule has 1 atom stereocenters. The molecule has 0 aliphatic carbocycles. The summed E-state index contributed by atoms with van der Waals surface area (Å²) >= 11 is 0. The molecule has 0 saturated carbocycles. The van der Waals surface area contributed by atoms with Gasteiger partial charge in [0, 0.05) is 6.42 Å². The summed E-state index contributed by atoms with van der Waals surface area (Å²) in [6.45, 7) is 0. The number of carboxylic acid groups (broad SMARTS) is 1. The Hall–Kier alpha value is -2.56. The first-order valence-corrected chi connectivity index (χ1v) is 5.77. The van der Waals surface area contributed by atoms with Crippen molar-refractivity contribution in [1.82, 2.24) is 0 Å². The van der Waals surface area contributed by atoms with E-state index in [1.54, 1.807) is 36.4 Å². The van der Waals surface area contributed by atoms with Crippen molar-refractivity contribution in [2.75, 3.05) is 0 Å². The zero-order valence-corrected chi connectivity index (χ0v) is 10.1. The highest BCUT2D eigenvalue weighted by atomic mass is 16.5. The Labute approximate surface area is 110 Å². The second-order valence-corrected chi connectivity index (χ2v) is 4.05. The van der Waals surface area contributed by atoms with E-state index in [9.17, 15) is 10.0 Å². The summed E-state index contributed by atoms with van der Waals surface area (Å²) in [5.41, 5.74) is 0.795. The van der Waals surface area contributed by atoms with Gasteiger partial charge in [-0.05, 0) is 17.7 Å². The van der Waals surface area contributed by atoms with Crippen molar-refractivity contribution in [3.8, 4) is 0 Å². The normalized spacial score (nSPS) is 13.2. The van der Waals surface area contributed by atoms with Crippen LogP contribution in [0.1, 0.15) is 11.3 Å². The van der Waals surface area contributed by atoms with Gasteiger partial charge in [-0.2, -0.15) is 4.74 Å². The molecule has 0 fully saturated rings. The SMILES string of the molecule is O=C(O)C(Cc1ccccc1)/[N+]([O-])=C/c1ccco1. The average molecular weight is 259 g/mol. The van der Waals surface area contributed by atoms with Crippen LogP contribution < -0.4 is 0 Å². The number of hydrogen-bond acceptors (Lipinski definition) is 3. The number of aliphatic carboxylic acids is 1. The van der Waals surface area contributed by atoms with Gasteiger partial charge in [0.05, 0.1) is 6.26 Å². The largest absolute Gasteiger partial charge is 0.623 e. The van der Waals surface area contributed by atoms with Gasteiger partial charge in [0.15, 0.2) is 5.76 Å². The zero-order valence-electron chi connectivity index (χ0n) is 10.1. The number of benzene rings is 1. The average Bonchev–Trinajstić information content (AvgIpc) is 2.89. The molecule has 2 aromatic rings. The minimum absolute atomic E-state index is 0.136. The smallest absolute Gasteiger partial charge is 0.374 e. The number of furan rings is 1. The van der Waals surface area contributed by atoms with Crippen LogP contribution >= 0.6 is 0 Å². The lowest BCUT2D eigenvalue weighted by molar-refractivity contribution is -0.484. The molecule has 1 heterocycles. The van der Waals surface area contributed by atoms with Gasteiger partial charge in [-0.25, -0.2) is 4.79 Å². The molecular formula is C14H13NO4. The van der Waals surface area contributed by atoms with Crippen LogP contribution in [-0.2, 0) is 11.2 Å². The highest BCUT2D eigenvalue weighted by Gasteiger charge is 2.26. The molecule has 98 valence electrons. The van der Waals surface area contributed by atoms with Gasteiger partial charge in [-0.1, -0.05) is 30.3 Å². The third kappa shape index (κ3) is 3.45. The molecule has 0 bridgehead atoms. The molecular weight excluding hydrogens is 246 g/mol. The fraction of sp³-hybridized carbons (Fsp3) is 0.143. The number of rotatable bonds is 5. The lowest BCUT2D eigenvalue weighted by Crippen LogP contribution is -2.33. The van der Waals surface area contributed by atoms with Gasteiger partial charge in [0.2, 0.25) is 6.21 Å². The van der Waals surface area contributed by atoms with Gasteiger partial charge >= 0.3 is 5.97 Å². The molecule has 0 aliphatic rings. The van der Waals surface area contributed by atoms with Crippen LogP contribution in [0.4, 0.5) is 0 Å². The lowest BCUT2D eigenvalue weighted by Gasteiger charge is -2.12. The van der Waals surface area contributed by atoms with E-state index >= 15 is 0 Å². The number of carbonyl (C=O) groups is 1. The number of nitrogens with zero attached hydrogens (tertiary/aromatic N) is 1. The highest BCUT2D eigenvalue weighted by molar-refractivity contribution is 5.76. The summed E-state index contributed by atoms with van der Waals surface area (Å²) in [5.74, 6) is -0.837. The zero-order chi connectivity index (χ0) is 13.7. The van der Waals surface area contributed by atoms with Crippen LogP contribution in [0.3, 0.4) is 0 Å². The second kappa shape index (κ2) is 5.86. The fourth-order valence-electron chi connectivity index (χ4n) is 1.70. The Morgan fingerprint density at radius 3 is 2.63 bits per heavy atom. The first-order valence-electron chi connectivity index (χ1n) is 5.77. The third-order valence-corrected chi connectivity index (χ3v) is 2.66. The van der Waals surface area contributed by atoms with E-state index < -0.39 is 12.0 Å². The Balaban J connectivity index is 2.19. The minimum Gasteiger partial charge on any atom is -0.623 e.